The molecule has 12 heavy (non-hydrogen) atoms. The molecule has 1 rings (SSSR count). The molecule has 0 bridgehead atoms. The summed E-state index contributed by atoms with van der Waals surface area (Å²) in [4.78, 5) is 0. The van der Waals surface area contributed by atoms with E-state index in [2.05, 4.69) is 5.92 Å². The van der Waals surface area contributed by atoms with Crippen molar-refractivity contribution < 1.29 is 4.42 Å². The molecule has 0 saturated carbocycles. The summed E-state index contributed by atoms with van der Waals surface area (Å²) in [5, 5.41) is 0. The highest BCUT2D eigenvalue weighted by Gasteiger charge is 1.99. The molecule has 1 heteroatoms. The molecule has 0 fully saturated rings. The van der Waals surface area contributed by atoms with Crippen LogP contribution in [0.2, 0.25) is 0 Å². The van der Waals surface area contributed by atoms with Gasteiger partial charge in [0, 0.05) is 5.92 Å². The van der Waals surface area contributed by atoms with Crippen molar-refractivity contribution in [3.8, 4) is 12.3 Å². The van der Waals surface area contributed by atoms with Crippen molar-refractivity contribution in [3.05, 3.63) is 29.7 Å². The molecular weight excluding hydrogens is 148 g/mol. The second-order valence-electron chi connectivity index (χ2n) is 2.79. The number of furan rings is 1. The van der Waals surface area contributed by atoms with Crippen LogP contribution < -0.4 is 0 Å². The third-order valence-corrected chi connectivity index (χ3v) is 1.85. The van der Waals surface area contributed by atoms with Gasteiger partial charge in [-0.2, -0.15) is 0 Å². The summed E-state index contributed by atoms with van der Waals surface area (Å²) in [6, 6.07) is 3.77. The average molecular weight is 160 g/mol. The Hall–Kier alpha value is -1.42. The molecule has 0 aliphatic carbocycles. The van der Waals surface area contributed by atoms with Crippen LogP contribution in [0.25, 0.3) is 6.08 Å². The summed E-state index contributed by atoms with van der Waals surface area (Å²) >= 11 is 0. The van der Waals surface area contributed by atoms with E-state index in [1.165, 1.54) is 0 Å². The minimum absolute atomic E-state index is 0.176. The van der Waals surface area contributed by atoms with E-state index in [0.717, 1.165) is 11.3 Å². The topological polar surface area (TPSA) is 13.1 Å². The van der Waals surface area contributed by atoms with Crippen LogP contribution >= 0.6 is 0 Å². The Kier molecular flexibility index (Phi) is 2.76. The minimum atomic E-state index is 0.176. The zero-order valence-electron chi connectivity index (χ0n) is 7.37. The zero-order valence-corrected chi connectivity index (χ0v) is 7.37. The molecule has 0 amide bonds. The molecule has 1 atom stereocenters. The number of hydrogen-bond acceptors (Lipinski definition) is 1. The number of allylic oxidation sites excluding steroid dienone is 1. The van der Waals surface area contributed by atoms with E-state index in [1.54, 1.807) is 6.26 Å². The van der Waals surface area contributed by atoms with Crippen molar-refractivity contribution in [3.63, 3.8) is 0 Å². The largest absolute Gasteiger partial charge is 0.465 e. The molecule has 0 aromatic carbocycles. The maximum atomic E-state index is 5.28. The molecule has 1 aromatic heterocycles. The van der Waals surface area contributed by atoms with Gasteiger partial charge in [0.1, 0.15) is 5.76 Å². The Labute approximate surface area is 73.1 Å². The number of terminal acetylenes is 1. The van der Waals surface area contributed by atoms with Gasteiger partial charge in [-0.1, -0.05) is 11.5 Å². The monoisotopic (exact) mass is 160 g/mol. The SMILES string of the molecule is C#CC(C)/C(C)=C/c1ccco1. The van der Waals surface area contributed by atoms with E-state index < -0.39 is 0 Å². The molecule has 0 aliphatic heterocycles. The maximum absolute atomic E-state index is 5.28. The van der Waals surface area contributed by atoms with Crippen molar-refractivity contribution in [1.82, 2.24) is 0 Å². The minimum Gasteiger partial charge on any atom is -0.465 e. The van der Waals surface area contributed by atoms with Gasteiger partial charge in [-0.05, 0) is 32.1 Å². The molecule has 0 radical (unpaired) electrons. The van der Waals surface area contributed by atoms with E-state index in [-0.39, 0.29) is 5.92 Å². The Morgan fingerprint density at radius 2 is 2.50 bits per heavy atom. The van der Waals surface area contributed by atoms with Gasteiger partial charge >= 0.3 is 0 Å². The smallest absolute Gasteiger partial charge is 0.126 e. The van der Waals surface area contributed by atoms with Crippen molar-refractivity contribution >= 4 is 6.08 Å². The Balaban J connectivity index is 2.77. The first-order valence-electron chi connectivity index (χ1n) is 3.92. The van der Waals surface area contributed by atoms with Crippen LogP contribution in [0.3, 0.4) is 0 Å². The molecule has 62 valence electrons. The molecule has 1 heterocycles. The lowest BCUT2D eigenvalue weighted by Crippen LogP contribution is -1.90. The first kappa shape index (κ1) is 8.67. The fraction of sp³-hybridized carbons (Fsp3) is 0.273. The molecule has 0 N–H and O–H groups in total. The van der Waals surface area contributed by atoms with Gasteiger partial charge in [0.25, 0.3) is 0 Å². The normalized spacial score (nSPS) is 13.9. The molecule has 0 spiro atoms. The van der Waals surface area contributed by atoms with Gasteiger partial charge in [-0.3, -0.25) is 0 Å². The second kappa shape index (κ2) is 3.82. The second-order valence-corrected chi connectivity index (χ2v) is 2.79. The quantitative estimate of drug-likeness (QED) is 0.606. The summed E-state index contributed by atoms with van der Waals surface area (Å²) < 4.78 is 5.15. The number of rotatable bonds is 2. The lowest BCUT2D eigenvalue weighted by Gasteiger charge is -2.01. The van der Waals surface area contributed by atoms with E-state index in [9.17, 15) is 0 Å². The van der Waals surface area contributed by atoms with E-state index in [1.807, 2.05) is 32.1 Å². The van der Waals surface area contributed by atoms with Crippen molar-refractivity contribution in [2.75, 3.05) is 0 Å². The van der Waals surface area contributed by atoms with E-state index in [0.29, 0.717) is 0 Å². The maximum Gasteiger partial charge on any atom is 0.126 e. The highest BCUT2D eigenvalue weighted by molar-refractivity contribution is 5.48. The van der Waals surface area contributed by atoms with Crippen LogP contribution in [0.15, 0.2) is 28.4 Å². The zero-order chi connectivity index (χ0) is 8.97. The van der Waals surface area contributed by atoms with E-state index >= 15 is 0 Å². The highest BCUT2D eigenvalue weighted by atomic mass is 16.3. The molecule has 1 aromatic rings. The first-order valence-corrected chi connectivity index (χ1v) is 3.92. The van der Waals surface area contributed by atoms with Gasteiger partial charge in [-0.25, -0.2) is 0 Å². The predicted octanol–water partition coefficient (Wildman–Crippen LogP) is 2.95. The van der Waals surface area contributed by atoms with Crippen molar-refractivity contribution in [1.29, 1.82) is 0 Å². The van der Waals surface area contributed by atoms with Gasteiger partial charge in [0.05, 0.1) is 6.26 Å². The van der Waals surface area contributed by atoms with Gasteiger partial charge in [-0.15, -0.1) is 6.42 Å². The standard InChI is InChI=1S/C11H12O/c1-4-9(2)10(3)8-11-6-5-7-12-11/h1,5-9H,2-3H3/b10-8+. The van der Waals surface area contributed by atoms with Crippen LogP contribution in [-0.4, -0.2) is 0 Å². The highest BCUT2D eigenvalue weighted by Crippen LogP contribution is 2.13. The average Bonchev–Trinajstić information content (AvgIpc) is 2.55. The van der Waals surface area contributed by atoms with Gasteiger partial charge in [0.2, 0.25) is 0 Å². The van der Waals surface area contributed by atoms with Crippen molar-refractivity contribution in [2.45, 2.75) is 13.8 Å². The third-order valence-electron chi connectivity index (χ3n) is 1.85. The molecule has 1 unspecified atom stereocenters. The van der Waals surface area contributed by atoms with E-state index in [4.69, 9.17) is 10.8 Å². The van der Waals surface area contributed by atoms with Crippen molar-refractivity contribution in [2.24, 2.45) is 5.92 Å². The summed E-state index contributed by atoms with van der Waals surface area (Å²) in [7, 11) is 0. The van der Waals surface area contributed by atoms with Crippen LogP contribution in [0.1, 0.15) is 19.6 Å². The van der Waals surface area contributed by atoms with Crippen LogP contribution in [0, 0.1) is 18.3 Å². The fourth-order valence-corrected chi connectivity index (χ4v) is 0.854. The Bertz CT molecular complexity index is 298. The first-order chi connectivity index (χ1) is 5.74. The number of hydrogen-bond donors (Lipinski definition) is 0. The third kappa shape index (κ3) is 2.03. The Morgan fingerprint density at radius 1 is 1.75 bits per heavy atom. The Morgan fingerprint density at radius 3 is 3.00 bits per heavy atom. The van der Waals surface area contributed by atoms with Gasteiger partial charge in [0.15, 0.2) is 0 Å². The van der Waals surface area contributed by atoms with Crippen LogP contribution in [-0.2, 0) is 0 Å². The lowest BCUT2D eigenvalue weighted by atomic mass is 10.0. The lowest BCUT2D eigenvalue weighted by molar-refractivity contribution is 0.556. The molecule has 0 aliphatic rings. The molecule has 1 nitrogen and oxygen atoms in total. The summed E-state index contributed by atoms with van der Waals surface area (Å²) in [5.41, 5.74) is 1.15. The van der Waals surface area contributed by atoms with Crippen LogP contribution in [0.5, 0.6) is 0 Å². The summed E-state index contributed by atoms with van der Waals surface area (Å²) in [5.74, 6) is 3.70. The van der Waals surface area contributed by atoms with Gasteiger partial charge < -0.3 is 4.42 Å². The van der Waals surface area contributed by atoms with Crippen LogP contribution in [0.4, 0.5) is 0 Å². The summed E-state index contributed by atoms with van der Waals surface area (Å²) in [6.07, 6.45) is 8.90. The predicted molar refractivity (Wildman–Crippen MR) is 50.4 cm³/mol. The summed E-state index contributed by atoms with van der Waals surface area (Å²) in [6.45, 7) is 4.00. The molecule has 0 saturated heterocycles. The molecular formula is C11H12O. The fourth-order valence-electron chi connectivity index (χ4n) is 0.854.